The lowest BCUT2D eigenvalue weighted by Gasteiger charge is -1.96. The van der Waals surface area contributed by atoms with E-state index in [2.05, 4.69) is 6.58 Å². The maximum atomic E-state index is 10.9. The van der Waals surface area contributed by atoms with Gasteiger partial charge in [-0.3, -0.25) is 0 Å². The molecule has 0 radical (unpaired) electrons. The summed E-state index contributed by atoms with van der Waals surface area (Å²) in [6, 6.07) is 0. The molecule has 0 heterocycles. The van der Waals surface area contributed by atoms with Gasteiger partial charge in [-0.1, -0.05) is 12.2 Å². The minimum absolute atomic E-state index is 0.464. The highest BCUT2D eigenvalue weighted by atomic mass is 32.2. The molecule has 0 aromatic heterocycles. The molecule has 0 bridgehead atoms. The zero-order valence-electron chi connectivity index (χ0n) is 7.71. The first-order valence-corrected chi connectivity index (χ1v) is 5.85. The van der Waals surface area contributed by atoms with Crippen molar-refractivity contribution in [3.05, 3.63) is 23.6 Å². The summed E-state index contributed by atoms with van der Waals surface area (Å²) in [5.74, 6) is 0. The second-order valence-electron chi connectivity index (χ2n) is 2.81. The van der Waals surface area contributed by atoms with Gasteiger partial charge in [0.15, 0.2) is 9.84 Å². The van der Waals surface area contributed by atoms with Gasteiger partial charge in [-0.15, -0.1) is 6.58 Å². The highest BCUT2D eigenvalue weighted by molar-refractivity contribution is 7.94. The molecular weight excluding hydrogens is 172 g/mol. The molecule has 0 N–H and O–H groups in total. The van der Waals surface area contributed by atoms with E-state index in [-0.39, 0.29) is 0 Å². The molecule has 0 aromatic rings. The van der Waals surface area contributed by atoms with E-state index in [4.69, 9.17) is 0 Å². The van der Waals surface area contributed by atoms with Gasteiger partial charge in [-0.25, -0.2) is 8.42 Å². The molecule has 3 heteroatoms. The maximum Gasteiger partial charge on any atom is 0.171 e. The number of hydrogen-bond acceptors (Lipinski definition) is 2. The molecule has 0 aliphatic carbocycles. The van der Waals surface area contributed by atoms with Crippen LogP contribution in [-0.2, 0) is 9.84 Å². The van der Waals surface area contributed by atoms with Gasteiger partial charge in [-0.05, 0) is 26.2 Å². The summed E-state index contributed by atoms with van der Waals surface area (Å²) in [5, 5.41) is 0. The molecule has 0 aliphatic heterocycles. The Morgan fingerprint density at radius 1 is 1.42 bits per heavy atom. The Balaban J connectivity index is 3.94. The van der Waals surface area contributed by atoms with E-state index < -0.39 is 9.84 Å². The predicted octanol–water partition coefficient (Wildman–Crippen LogP) is 2.29. The van der Waals surface area contributed by atoms with Crippen molar-refractivity contribution in [2.45, 2.75) is 26.2 Å². The zero-order valence-corrected chi connectivity index (χ0v) is 8.52. The highest BCUT2D eigenvalue weighted by Gasteiger charge is 2.02. The molecule has 0 rings (SSSR count). The van der Waals surface area contributed by atoms with Gasteiger partial charge in [0.25, 0.3) is 0 Å². The van der Waals surface area contributed by atoms with Crippen LogP contribution in [0.25, 0.3) is 0 Å². The van der Waals surface area contributed by atoms with E-state index in [9.17, 15) is 8.42 Å². The van der Waals surface area contributed by atoms with Crippen LogP contribution in [0.3, 0.4) is 0 Å². The van der Waals surface area contributed by atoms with Crippen molar-refractivity contribution in [3.63, 3.8) is 0 Å². The van der Waals surface area contributed by atoms with Gasteiger partial charge >= 0.3 is 0 Å². The van der Waals surface area contributed by atoms with E-state index in [1.54, 1.807) is 13.0 Å². The quantitative estimate of drug-likeness (QED) is 0.490. The Morgan fingerprint density at radius 2 is 2.00 bits per heavy atom. The van der Waals surface area contributed by atoms with E-state index in [0.29, 0.717) is 4.91 Å². The molecule has 0 aromatic carbocycles. The van der Waals surface area contributed by atoms with Crippen LogP contribution in [-0.4, -0.2) is 14.7 Å². The summed E-state index contributed by atoms with van der Waals surface area (Å²) in [4.78, 5) is 0.464. The second-order valence-corrected chi connectivity index (χ2v) is 4.99. The van der Waals surface area contributed by atoms with Crippen LogP contribution in [0.1, 0.15) is 26.2 Å². The van der Waals surface area contributed by atoms with Gasteiger partial charge in [0, 0.05) is 11.2 Å². The lowest BCUT2D eigenvalue weighted by atomic mass is 10.2. The average molecular weight is 188 g/mol. The first-order valence-electron chi connectivity index (χ1n) is 3.96. The number of sulfone groups is 1. The fraction of sp³-hybridized carbons (Fsp3) is 0.556. The summed E-state index contributed by atoms with van der Waals surface area (Å²) >= 11 is 0. The normalized spacial score (nSPS) is 13.0. The molecule has 0 saturated carbocycles. The Kier molecular flexibility index (Phi) is 4.90. The van der Waals surface area contributed by atoms with Gasteiger partial charge in [0.2, 0.25) is 0 Å². The molecule has 0 atom stereocenters. The molecule has 12 heavy (non-hydrogen) atoms. The highest BCUT2D eigenvalue weighted by Crippen LogP contribution is 2.06. The molecule has 0 spiro atoms. The van der Waals surface area contributed by atoms with Crippen LogP contribution < -0.4 is 0 Å². The van der Waals surface area contributed by atoms with Crippen molar-refractivity contribution >= 4 is 9.84 Å². The van der Waals surface area contributed by atoms with Crippen molar-refractivity contribution < 1.29 is 8.42 Å². The van der Waals surface area contributed by atoms with Crippen molar-refractivity contribution in [3.8, 4) is 0 Å². The summed E-state index contributed by atoms with van der Waals surface area (Å²) in [7, 11) is -2.95. The summed E-state index contributed by atoms with van der Waals surface area (Å²) < 4.78 is 21.8. The molecule has 0 saturated heterocycles. The first-order chi connectivity index (χ1) is 5.48. The van der Waals surface area contributed by atoms with Crippen LogP contribution >= 0.6 is 0 Å². The van der Waals surface area contributed by atoms with Gasteiger partial charge < -0.3 is 0 Å². The fourth-order valence-electron chi connectivity index (χ4n) is 0.719. The maximum absolute atomic E-state index is 10.9. The van der Waals surface area contributed by atoms with E-state index in [1.807, 2.05) is 6.08 Å². The smallest absolute Gasteiger partial charge is 0.171 e. The van der Waals surface area contributed by atoms with Gasteiger partial charge in [-0.2, -0.15) is 0 Å². The molecule has 0 amide bonds. The zero-order chi connectivity index (χ0) is 9.61. The summed E-state index contributed by atoms with van der Waals surface area (Å²) in [5.41, 5.74) is 0. The summed E-state index contributed by atoms with van der Waals surface area (Å²) in [6.45, 7) is 5.22. The topological polar surface area (TPSA) is 34.1 Å². The Morgan fingerprint density at radius 3 is 2.42 bits per heavy atom. The Bertz CT molecular complexity index is 260. The van der Waals surface area contributed by atoms with Crippen molar-refractivity contribution in [1.82, 2.24) is 0 Å². The van der Waals surface area contributed by atoms with Crippen molar-refractivity contribution in [2.24, 2.45) is 0 Å². The number of rotatable bonds is 5. The largest absolute Gasteiger partial charge is 0.224 e. The molecule has 0 aliphatic rings. The third-order valence-corrected chi connectivity index (χ3v) is 2.97. The number of hydrogen-bond donors (Lipinski definition) is 0. The third kappa shape index (κ3) is 5.13. The third-order valence-electron chi connectivity index (χ3n) is 1.63. The Hall–Kier alpha value is -0.570. The average Bonchev–Trinajstić information content (AvgIpc) is 1.96. The molecule has 70 valence electrons. The van der Waals surface area contributed by atoms with Crippen LogP contribution in [0.4, 0.5) is 0 Å². The van der Waals surface area contributed by atoms with Gasteiger partial charge in [0.1, 0.15) is 0 Å². The molecule has 0 fully saturated rings. The van der Waals surface area contributed by atoms with E-state index in [1.165, 1.54) is 6.26 Å². The van der Waals surface area contributed by atoms with Crippen LogP contribution in [0.5, 0.6) is 0 Å². The van der Waals surface area contributed by atoms with Crippen LogP contribution in [0, 0.1) is 0 Å². The lowest BCUT2D eigenvalue weighted by Crippen LogP contribution is -1.96. The minimum Gasteiger partial charge on any atom is -0.224 e. The number of unbranched alkanes of at least 4 members (excludes halogenated alkanes) is 2. The SMILES string of the molecule is C=CCCCC=C(C)S(C)(=O)=O. The molecular formula is C9H16O2S. The van der Waals surface area contributed by atoms with E-state index in [0.717, 1.165) is 19.3 Å². The monoisotopic (exact) mass is 188 g/mol. The standard InChI is InChI=1S/C9H16O2S/c1-4-5-6-7-8-9(2)12(3,10)11/h4,8H,1,5-7H2,2-3H3. The Labute approximate surface area is 74.9 Å². The fourth-order valence-corrected chi connectivity index (χ4v) is 1.14. The van der Waals surface area contributed by atoms with Crippen molar-refractivity contribution in [2.75, 3.05) is 6.26 Å². The summed E-state index contributed by atoms with van der Waals surface area (Å²) in [6.07, 6.45) is 7.55. The predicted molar refractivity (Wildman–Crippen MR) is 52.6 cm³/mol. The van der Waals surface area contributed by atoms with Crippen molar-refractivity contribution in [1.29, 1.82) is 0 Å². The van der Waals surface area contributed by atoms with Crippen LogP contribution in [0.15, 0.2) is 23.6 Å². The van der Waals surface area contributed by atoms with E-state index >= 15 is 0 Å². The van der Waals surface area contributed by atoms with Gasteiger partial charge in [0.05, 0.1) is 0 Å². The molecule has 0 unspecified atom stereocenters. The first kappa shape index (κ1) is 11.4. The molecule has 2 nitrogen and oxygen atoms in total. The second kappa shape index (κ2) is 5.14. The van der Waals surface area contributed by atoms with Crippen LogP contribution in [0.2, 0.25) is 0 Å². The number of allylic oxidation sites excluding steroid dienone is 3. The lowest BCUT2D eigenvalue weighted by molar-refractivity contribution is 0.607. The minimum atomic E-state index is -2.95.